The Bertz CT molecular complexity index is 395. The third-order valence-corrected chi connectivity index (χ3v) is 7.94. The Morgan fingerprint density at radius 3 is 2.40 bits per heavy atom. The zero-order valence-corrected chi connectivity index (χ0v) is 13.2. The molecule has 4 aliphatic rings. The lowest BCUT2D eigenvalue weighted by Gasteiger charge is -2.55. The maximum Gasteiger partial charge on any atom is 0.141 e. The van der Waals surface area contributed by atoms with Crippen LogP contribution in [0, 0.1) is 35.5 Å². The first-order valence-electron chi connectivity index (χ1n) is 8.88. The molecule has 4 rings (SSSR count). The normalized spacial score (nSPS) is 54.6. The maximum absolute atomic E-state index is 11.7. The Hall–Kier alpha value is -0.0400. The Morgan fingerprint density at radius 1 is 0.800 bits per heavy atom. The smallest absolute Gasteiger partial charge is 0.141 e. The largest absolute Gasteiger partial charge is 0.301 e. The van der Waals surface area contributed by atoms with E-state index in [2.05, 4.69) is 0 Å². The molecule has 0 radical (unpaired) electrons. The van der Waals surface area contributed by atoms with E-state index < -0.39 is 4.87 Å². The average Bonchev–Trinajstić information content (AvgIpc) is 2.95. The van der Waals surface area contributed by atoms with Crippen molar-refractivity contribution in [2.75, 3.05) is 0 Å². The van der Waals surface area contributed by atoms with Crippen LogP contribution in [0.15, 0.2) is 0 Å². The number of rotatable bonds is 1. The van der Waals surface area contributed by atoms with Gasteiger partial charge in [0.25, 0.3) is 0 Å². The van der Waals surface area contributed by atoms with Crippen LogP contribution in [-0.4, -0.2) is 11.2 Å². The molecule has 0 aromatic carbocycles. The number of carbonyl (C=O) groups excluding carboxylic acids is 1. The molecule has 4 fully saturated rings. The van der Waals surface area contributed by atoms with E-state index in [4.69, 9.17) is 11.6 Å². The molecule has 7 atom stereocenters. The van der Waals surface area contributed by atoms with Gasteiger partial charge in [-0.3, -0.25) is 0 Å². The highest BCUT2D eigenvalue weighted by atomic mass is 35.5. The highest BCUT2D eigenvalue weighted by molar-refractivity contribution is 6.31. The summed E-state index contributed by atoms with van der Waals surface area (Å²) in [5.41, 5.74) is 0. The molecule has 0 aromatic heterocycles. The van der Waals surface area contributed by atoms with Crippen LogP contribution in [-0.2, 0) is 4.79 Å². The second-order valence-corrected chi connectivity index (χ2v) is 8.76. The lowest BCUT2D eigenvalue weighted by molar-refractivity contribution is -0.117. The second kappa shape index (κ2) is 5.00. The van der Waals surface area contributed by atoms with Crippen LogP contribution in [0.25, 0.3) is 0 Å². The quantitative estimate of drug-likeness (QED) is 0.501. The van der Waals surface area contributed by atoms with E-state index >= 15 is 0 Å². The first-order valence-corrected chi connectivity index (χ1v) is 9.26. The summed E-state index contributed by atoms with van der Waals surface area (Å²) in [4.78, 5) is 11.2. The van der Waals surface area contributed by atoms with Gasteiger partial charge in [0.1, 0.15) is 11.2 Å². The number of halogens is 1. The van der Waals surface area contributed by atoms with Crippen LogP contribution < -0.4 is 0 Å². The van der Waals surface area contributed by atoms with Crippen molar-refractivity contribution in [3.05, 3.63) is 0 Å². The molecule has 0 amide bonds. The van der Waals surface area contributed by atoms with E-state index in [0.29, 0.717) is 5.92 Å². The third kappa shape index (κ3) is 1.91. The summed E-state index contributed by atoms with van der Waals surface area (Å²) in [6, 6.07) is 0. The number of aldehydes is 1. The van der Waals surface area contributed by atoms with E-state index in [-0.39, 0.29) is 0 Å². The van der Waals surface area contributed by atoms with Gasteiger partial charge in [-0.1, -0.05) is 25.7 Å². The van der Waals surface area contributed by atoms with Crippen molar-refractivity contribution in [3.63, 3.8) is 0 Å². The number of fused-ring (bicyclic) bond motifs is 5. The zero-order chi connectivity index (χ0) is 13.7. The van der Waals surface area contributed by atoms with Gasteiger partial charge in [0.05, 0.1) is 0 Å². The average molecular weight is 295 g/mol. The molecule has 20 heavy (non-hydrogen) atoms. The SMILES string of the molecule is O=CC1(Cl)CCCC2CC[C@H]3[C@@H]4CCC[C@H]4CC[C@H]3[C@H]21. The molecule has 2 unspecified atom stereocenters. The fourth-order valence-electron chi connectivity index (χ4n) is 6.75. The molecule has 0 aromatic rings. The Balaban J connectivity index is 1.64. The molecular formula is C18H27ClO. The summed E-state index contributed by atoms with van der Waals surface area (Å²) < 4.78 is 0. The minimum atomic E-state index is -0.516. The van der Waals surface area contributed by atoms with Crippen molar-refractivity contribution in [1.29, 1.82) is 0 Å². The molecule has 112 valence electrons. The molecule has 2 heteroatoms. The van der Waals surface area contributed by atoms with Crippen molar-refractivity contribution >= 4 is 17.9 Å². The summed E-state index contributed by atoms with van der Waals surface area (Å²) in [6.45, 7) is 0. The summed E-state index contributed by atoms with van der Waals surface area (Å²) in [6.07, 6.45) is 14.5. The van der Waals surface area contributed by atoms with Crippen molar-refractivity contribution in [1.82, 2.24) is 0 Å². The lowest BCUT2D eigenvalue weighted by Crippen LogP contribution is -2.53. The monoisotopic (exact) mass is 294 g/mol. The van der Waals surface area contributed by atoms with Gasteiger partial charge in [-0.2, -0.15) is 0 Å². The second-order valence-electron chi connectivity index (χ2n) is 8.06. The van der Waals surface area contributed by atoms with E-state index in [1.54, 1.807) is 0 Å². The fraction of sp³-hybridized carbons (Fsp3) is 0.944. The van der Waals surface area contributed by atoms with E-state index in [1.807, 2.05) is 0 Å². The van der Waals surface area contributed by atoms with Gasteiger partial charge < -0.3 is 4.79 Å². The van der Waals surface area contributed by atoms with Gasteiger partial charge >= 0.3 is 0 Å². The molecule has 0 N–H and O–H groups in total. The highest BCUT2D eigenvalue weighted by Crippen LogP contribution is 2.60. The van der Waals surface area contributed by atoms with Gasteiger partial charge in [0.2, 0.25) is 0 Å². The minimum Gasteiger partial charge on any atom is -0.301 e. The molecule has 0 saturated heterocycles. The number of hydrogen-bond acceptors (Lipinski definition) is 1. The van der Waals surface area contributed by atoms with Crippen LogP contribution in [0.1, 0.15) is 64.2 Å². The first-order chi connectivity index (χ1) is 9.73. The molecule has 0 aliphatic heterocycles. The van der Waals surface area contributed by atoms with E-state index in [0.717, 1.165) is 48.7 Å². The van der Waals surface area contributed by atoms with Crippen LogP contribution in [0.4, 0.5) is 0 Å². The molecule has 4 aliphatic carbocycles. The third-order valence-electron chi connectivity index (χ3n) is 7.41. The molecule has 0 heterocycles. The Kier molecular flexibility index (Phi) is 3.41. The topological polar surface area (TPSA) is 17.1 Å². The summed E-state index contributed by atoms with van der Waals surface area (Å²) in [5, 5.41) is 0. The number of hydrogen-bond donors (Lipinski definition) is 0. The predicted octanol–water partition coefficient (Wildman–Crippen LogP) is 4.82. The Labute approximate surface area is 127 Å². The highest BCUT2D eigenvalue weighted by Gasteiger charge is 2.55. The number of carbonyl (C=O) groups is 1. The molecular weight excluding hydrogens is 268 g/mol. The first kappa shape index (κ1) is 13.6. The van der Waals surface area contributed by atoms with Gasteiger partial charge in [0, 0.05) is 0 Å². The number of alkyl halides is 1. The molecule has 4 saturated carbocycles. The van der Waals surface area contributed by atoms with Crippen LogP contribution in [0.2, 0.25) is 0 Å². The van der Waals surface area contributed by atoms with Gasteiger partial charge in [-0.25, -0.2) is 0 Å². The fourth-order valence-corrected chi connectivity index (χ4v) is 7.22. The predicted molar refractivity (Wildman–Crippen MR) is 81.8 cm³/mol. The zero-order valence-electron chi connectivity index (χ0n) is 12.4. The standard InChI is InChI=1S/C18H27ClO/c19-18(11-20)10-2-4-13-7-8-15-14-5-1-3-12(14)6-9-16(15)17(13)18/h11-17H,1-10H2/t12-,13?,14+,15-,16+,17-,18?/m0/s1. The lowest BCUT2D eigenvalue weighted by atomic mass is 9.51. The minimum absolute atomic E-state index is 0.496. The molecule has 0 bridgehead atoms. The van der Waals surface area contributed by atoms with Gasteiger partial charge in [0.15, 0.2) is 0 Å². The maximum atomic E-state index is 11.7. The summed E-state index contributed by atoms with van der Waals surface area (Å²) >= 11 is 6.83. The van der Waals surface area contributed by atoms with Crippen molar-refractivity contribution < 1.29 is 4.79 Å². The van der Waals surface area contributed by atoms with Gasteiger partial charge in [-0.15, -0.1) is 11.6 Å². The molecule has 1 nitrogen and oxygen atoms in total. The van der Waals surface area contributed by atoms with Crippen LogP contribution in [0.5, 0.6) is 0 Å². The molecule has 0 spiro atoms. The van der Waals surface area contributed by atoms with Crippen molar-refractivity contribution in [2.45, 2.75) is 69.1 Å². The van der Waals surface area contributed by atoms with Crippen molar-refractivity contribution in [2.24, 2.45) is 35.5 Å². The Morgan fingerprint density at radius 2 is 1.55 bits per heavy atom. The van der Waals surface area contributed by atoms with Crippen molar-refractivity contribution in [3.8, 4) is 0 Å². The summed E-state index contributed by atoms with van der Waals surface area (Å²) in [7, 11) is 0. The van der Waals surface area contributed by atoms with E-state index in [1.165, 1.54) is 51.4 Å². The van der Waals surface area contributed by atoms with Gasteiger partial charge in [-0.05, 0) is 74.0 Å². The summed E-state index contributed by atoms with van der Waals surface area (Å²) in [5.74, 6) is 4.88. The van der Waals surface area contributed by atoms with E-state index in [9.17, 15) is 4.79 Å². The van der Waals surface area contributed by atoms with Crippen LogP contribution in [0.3, 0.4) is 0 Å². The van der Waals surface area contributed by atoms with Crippen LogP contribution >= 0.6 is 11.6 Å².